The molecule has 0 spiro atoms. The van der Waals surface area contributed by atoms with Crippen molar-refractivity contribution in [3.63, 3.8) is 0 Å². The van der Waals surface area contributed by atoms with Crippen LogP contribution < -0.4 is 10.4 Å². The smallest absolute Gasteiger partial charge is 0.250 e. The molecular formula is C7H10N3OP. The SMILES string of the molecule is CN(P)c1ccc(C(N)=O)cn1. The van der Waals surface area contributed by atoms with E-state index in [1.54, 1.807) is 16.8 Å². The largest absolute Gasteiger partial charge is 0.366 e. The molecular weight excluding hydrogens is 173 g/mol. The lowest BCUT2D eigenvalue weighted by molar-refractivity contribution is 0.1000. The van der Waals surface area contributed by atoms with Crippen molar-refractivity contribution in [1.82, 2.24) is 4.98 Å². The minimum absolute atomic E-state index is 0.422. The van der Waals surface area contributed by atoms with Gasteiger partial charge in [-0.2, -0.15) is 0 Å². The normalized spacial score (nSPS) is 9.50. The Balaban J connectivity index is 2.93. The van der Waals surface area contributed by atoms with Crippen molar-refractivity contribution < 1.29 is 4.79 Å². The van der Waals surface area contributed by atoms with E-state index in [1.165, 1.54) is 6.20 Å². The minimum atomic E-state index is -0.458. The molecule has 1 aromatic rings. The fourth-order valence-corrected chi connectivity index (χ4v) is 0.893. The number of amides is 1. The van der Waals surface area contributed by atoms with Crippen molar-refractivity contribution in [2.24, 2.45) is 5.73 Å². The third-order valence-corrected chi connectivity index (χ3v) is 1.66. The molecule has 0 fully saturated rings. The van der Waals surface area contributed by atoms with E-state index in [0.29, 0.717) is 5.56 Å². The van der Waals surface area contributed by atoms with E-state index in [2.05, 4.69) is 14.4 Å². The van der Waals surface area contributed by atoms with Crippen molar-refractivity contribution in [2.75, 3.05) is 11.7 Å². The van der Waals surface area contributed by atoms with Crippen LogP contribution >= 0.6 is 9.39 Å². The van der Waals surface area contributed by atoms with Crippen LogP contribution in [-0.4, -0.2) is 17.9 Å². The zero-order valence-electron chi connectivity index (χ0n) is 6.69. The van der Waals surface area contributed by atoms with Gasteiger partial charge in [-0.1, -0.05) is 0 Å². The quantitative estimate of drug-likeness (QED) is 0.675. The van der Waals surface area contributed by atoms with E-state index >= 15 is 0 Å². The molecule has 5 heteroatoms. The number of pyridine rings is 1. The minimum Gasteiger partial charge on any atom is -0.366 e. The highest BCUT2D eigenvalue weighted by atomic mass is 31.0. The summed E-state index contributed by atoms with van der Waals surface area (Å²) in [5.74, 6) is 0.311. The standard InChI is InChI=1S/C7H10N3OP/c1-10(12)6-3-2-5(4-9-6)7(8)11/h2-4H,12H2,1H3,(H2,8,11). The first-order valence-corrected chi connectivity index (χ1v) is 3.87. The number of hydrogen-bond donors (Lipinski definition) is 1. The van der Waals surface area contributed by atoms with Gasteiger partial charge in [0, 0.05) is 13.2 Å². The molecule has 1 amide bonds. The van der Waals surface area contributed by atoms with E-state index < -0.39 is 5.91 Å². The first-order chi connectivity index (χ1) is 5.61. The zero-order valence-corrected chi connectivity index (χ0v) is 7.84. The second kappa shape index (κ2) is 3.50. The number of nitrogens with zero attached hydrogens (tertiary/aromatic N) is 2. The average Bonchev–Trinajstić information content (AvgIpc) is 2.04. The van der Waals surface area contributed by atoms with Gasteiger partial charge in [0.2, 0.25) is 5.91 Å². The third-order valence-electron chi connectivity index (χ3n) is 1.39. The lowest BCUT2D eigenvalue weighted by atomic mass is 10.3. The van der Waals surface area contributed by atoms with Gasteiger partial charge in [0.15, 0.2) is 0 Å². The van der Waals surface area contributed by atoms with Gasteiger partial charge in [0.05, 0.1) is 5.56 Å². The van der Waals surface area contributed by atoms with Crippen LogP contribution in [0.5, 0.6) is 0 Å². The maximum absolute atomic E-state index is 10.6. The van der Waals surface area contributed by atoms with E-state index in [9.17, 15) is 4.79 Å². The van der Waals surface area contributed by atoms with E-state index in [4.69, 9.17) is 5.73 Å². The highest BCUT2D eigenvalue weighted by molar-refractivity contribution is 7.18. The van der Waals surface area contributed by atoms with Crippen molar-refractivity contribution in [1.29, 1.82) is 0 Å². The number of rotatable bonds is 2. The predicted octanol–water partition coefficient (Wildman–Crippen LogP) is 0.407. The Hall–Kier alpha value is -1.15. The summed E-state index contributed by atoms with van der Waals surface area (Å²) in [4.78, 5) is 14.6. The highest BCUT2D eigenvalue weighted by Gasteiger charge is 2.01. The molecule has 0 saturated heterocycles. The Bertz CT molecular complexity index is 283. The molecule has 1 aromatic heterocycles. The molecule has 64 valence electrons. The lowest BCUT2D eigenvalue weighted by Crippen LogP contribution is -2.11. The second-order valence-corrected chi connectivity index (χ2v) is 3.15. The van der Waals surface area contributed by atoms with Crippen molar-refractivity contribution in [3.8, 4) is 0 Å². The van der Waals surface area contributed by atoms with Crippen LogP contribution in [0, 0.1) is 0 Å². The Labute approximate surface area is 73.0 Å². The number of anilines is 1. The average molecular weight is 183 g/mol. The molecule has 1 atom stereocenters. The summed E-state index contributed by atoms with van der Waals surface area (Å²) in [7, 11) is 4.31. The lowest BCUT2D eigenvalue weighted by Gasteiger charge is -2.09. The Morgan fingerprint density at radius 2 is 2.33 bits per heavy atom. The van der Waals surface area contributed by atoms with E-state index in [0.717, 1.165) is 5.82 Å². The van der Waals surface area contributed by atoms with Crippen LogP contribution in [-0.2, 0) is 0 Å². The van der Waals surface area contributed by atoms with Crippen LogP contribution in [0.2, 0.25) is 0 Å². The number of primary amides is 1. The molecule has 12 heavy (non-hydrogen) atoms. The fraction of sp³-hybridized carbons (Fsp3) is 0.143. The molecule has 0 radical (unpaired) electrons. The Morgan fingerprint density at radius 3 is 2.67 bits per heavy atom. The first kappa shape index (κ1) is 8.94. The Kier molecular flexibility index (Phi) is 2.61. The molecule has 0 aliphatic rings. The maximum Gasteiger partial charge on any atom is 0.250 e. The number of hydrogen-bond acceptors (Lipinski definition) is 3. The van der Waals surface area contributed by atoms with Crippen molar-refractivity contribution >= 4 is 21.1 Å². The zero-order chi connectivity index (χ0) is 9.14. The molecule has 0 bridgehead atoms. The molecule has 1 unspecified atom stereocenters. The molecule has 0 saturated carbocycles. The van der Waals surface area contributed by atoms with Gasteiger partial charge in [-0.3, -0.25) is 4.79 Å². The van der Waals surface area contributed by atoms with Gasteiger partial charge in [-0.15, -0.1) is 0 Å². The second-order valence-electron chi connectivity index (χ2n) is 2.38. The van der Waals surface area contributed by atoms with Crippen LogP contribution in [0.4, 0.5) is 5.82 Å². The van der Waals surface area contributed by atoms with Gasteiger partial charge in [-0.25, -0.2) is 4.98 Å². The summed E-state index contributed by atoms with van der Waals surface area (Å²) < 4.78 is 1.77. The Morgan fingerprint density at radius 1 is 1.67 bits per heavy atom. The first-order valence-electron chi connectivity index (χ1n) is 3.35. The molecule has 0 aromatic carbocycles. The molecule has 1 rings (SSSR count). The van der Waals surface area contributed by atoms with Crippen LogP contribution in [0.25, 0.3) is 0 Å². The highest BCUT2D eigenvalue weighted by Crippen LogP contribution is 2.11. The van der Waals surface area contributed by atoms with E-state index in [-0.39, 0.29) is 0 Å². The van der Waals surface area contributed by atoms with Crippen molar-refractivity contribution in [3.05, 3.63) is 23.9 Å². The molecule has 0 aliphatic heterocycles. The molecule has 4 nitrogen and oxygen atoms in total. The van der Waals surface area contributed by atoms with Crippen LogP contribution in [0.15, 0.2) is 18.3 Å². The van der Waals surface area contributed by atoms with Gasteiger partial charge < -0.3 is 10.4 Å². The summed E-state index contributed by atoms with van der Waals surface area (Å²) >= 11 is 0. The number of nitrogens with two attached hydrogens (primary N) is 1. The van der Waals surface area contributed by atoms with Crippen molar-refractivity contribution in [2.45, 2.75) is 0 Å². The molecule has 2 N–H and O–H groups in total. The fourth-order valence-electron chi connectivity index (χ4n) is 0.740. The number of carbonyl (C=O) groups excluding carboxylic acids is 1. The topological polar surface area (TPSA) is 59.2 Å². The van der Waals surface area contributed by atoms with E-state index in [1.807, 2.05) is 7.05 Å². The van der Waals surface area contributed by atoms with Crippen LogP contribution in [0.1, 0.15) is 10.4 Å². The third kappa shape index (κ3) is 1.92. The monoisotopic (exact) mass is 183 g/mol. The summed E-state index contributed by atoms with van der Waals surface area (Å²) in [6.07, 6.45) is 1.46. The molecule has 0 aliphatic carbocycles. The summed E-state index contributed by atoms with van der Waals surface area (Å²) in [5.41, 5.74) is 5.46. The summed E-state index contributed by atoms with van der Waals surface area (Å²) in [6, 6.07) is 3.37. The molecule has 1 heterocycles. The van der Waals surface area contributed by atoms with Gasteiger partial charge in [0.25, 0.3) is 0 Å². The number of aromatic nitrogens is 1. The summed E-state index contributed by atoms with van der Waals surface area (Å²) in [5, 5.41) is 0. The van der Waals surface area contributed by atoms with Gasteiger partial charge in [0.1, 0.15) is 5.82 Å². The predicted molar refractivity (Wildman–Crippen MR) is 50.9 cm³/mol. The van der Waals surface area contributed by atoms with Crippen LogP contribution in [0.3, 0.4) is 0 Å². The summed E-state index contributed by atoms with van der Waals surface area (Å²) in [6.45, 7) is 0. The maximum atomic E-state index is 10.6. The van der Waals surface area contributed by atoms with Gasteiger partial charge in [-0.05, 0) is 21.5 Å². The van der Waals surface area contributed by atoms with Gasteiger partial charge >= 0.3 is 0 Å². The number of carbonyl (C=O) groups is 1.